The maximum atomic E-state index is 13.3. The second-order valence-corrected chi connectivity index (χ2v) is 8.57. The Balaban J connectivity index is 1.99. The Morgan fingerprint density at radius 3 is 2.53 bits per heavy atom. The normalized spacial score (nSPS) is 17.6. The quantitative estimate of drug-likeness (QED) is 0.309. The summed E-state index contributed by atoms with van der Waals surface area (Å²) in [5, 5.41) is 13.5. The molecule has 1 saturated heterocycles. The van der Waals surface area contributed by atoms with Crippen molar-refractivity contribution in [1.82, 2.24) is 0 Å². The van der Waals surface area contributed by atoms with Gasteiger partial charge >= 0.3 is 0 Å². The third kappa shape index (κ3) is 3.63. The van der Waals surface area contributed by atoms with Crippen LogP contribution in [0.5, 0.6) is 11.5 Å². The topological polar surface area (TPSA) is 76.1 Å². The van der Waals surface area contributed by atoms with E-state index in [0.717, 1.165) is 10.4 Å². The summed E-state index contributed by atoms with van der Waals surface area (Å²) in [4.78, 5) is 28.6. The average molecular weight is 470 g/mol. The SMILES string of the molecule is COc1cccc(N2C(=O)C(=O)/C(=C(\O)c3cc(Cl)ccc3OC)C2c2sccc2C)c1. The van der Waals surface area contributed by atoms with Crippen molar-refractivity contribution < 1.29 is 24.2 Å². The molecule has 1 unspecified atom stereocenters. The van der Waals surface area contributed by atoms with Gasteiger partial charge < -0.3 is 14.6 Å². The van der Waals surface area contributed by atoms with Crippen LogP contribution in [0.3, 0.4) is 0 Å². The molecule has 164 valence electrons. The summed E-state index contributed by atoms with van der Waals surface area (Å²) in [5.41, 5.74) is 1.60. The number of nitrogens with zero attached hydrogens (tertiary/aromatic N) is 1. The van der Waals surface area contributed by atoms with Crippen molar-refractivity contribution in [2.45, 2.75) is 13.0 Å². The van der Waals surface area contributed by atoms with E-state index in [1.807, 2.05) is 18.4 Å². The zero-order valence-electron chi connectivity index (χ0n) is 17.6. The van der Waals surface area contributed by atoms with Crippen molar-refractivity contribution in [2.24, 2.45) is 0 Å². The Morgan fingerprint density at radius 1 is 1.09 bits per heavy atom. The van der Waals surface area contributed by atoms with Crippen molar-refractivity contribution in [3.8, 4) is 11.5 Å². The van der Waals surface area contributed by atoms with E-state index < -0.39 is 17.7 Å². The number of benzene rings is 2. The van der Waals surface area contributed by atoms with E-state index >= 15 is 0 Å². The number of rotatable bonds is 5. The fraction of sp³-hybridized carbons (Fsp3) is 0.167. The van der Waals surface area contributed by atoms with E-state index in [4.69, 9.17) is 21.1 Å². The van der Waals surface area contributed by atoms with E-state index in [0.29, 0.717) is 22.2 Å². The number of hydrogen-bond acceptors (Lipinski definition) is 6. The van der Waals surface area contributed by atoms with Crippen LogP contribution in [-0.2, 0) is 9.59 Å². The van der Waals surface area contributed by atoms with Gasteiger partial charge in [-0.15, -0.1) is 11.3 Å². The summed E-state index contributed by atoms with van der Waals surface area (Å²) in [6, 6.07) is 12.7. The van der Waals surface area contributed by atoms with Crippen molar-refractivity contribution in [3.63, 3.8) is 0 Å². The Bertz CT molecular complexity index is 1250. The number of aliphatic hydroxyl groups excluding tert-OH is 1. The molecule has 8 heteroatoms. The Kier molecular flexibility index (Phi) is 5.95. The first-order chi connectivity index (χ1) is 15.4. The van der Waals surface area contributed by atoms with E-state index in [-0.39, 0.29) is 16.9 Å². The maximum Gasteiger partial charge on any atom is 0.300 e. The van der Waals surface area contributed by atoms with Crippen LogP contribution in [0.25, 0.3) is 5.76 Å². The number of ether oxygens (including phenoxy) is 2. The zero-order chi connectivity index (χ0) is 23.0. The first-order valence-electron chi connectivity index (χ1n) is 9.70. The Hall–Kier alpha value is -3.29. The number of amides is 1. The van der Waals surface area contributed by atoms with Gasteiger partial charge in [-0.25, -0.2) is 0 Å². The van der Waals surface area contributed by atoms with Crippen molar-refractivity contribution >= 4 is 46.1 Å². The first kappa shape index (κ1) is 21.9. The van der Waals surface area contributed by atoms with E-state index in [1.165, 1.54) is 36.5 Å². The molecule has 0 spiro atoms. The van der Waals surface area contributed by atoms with Crippen molar-refractivity contribution in [2.75, 3.05) is 19.1 Å². The van der Waals surface area contributed by atoms with Gasteiger partial charge in [0.25, 0.3) is 11.7 Å². The third-order valence-electron chi connectivity index (χ3n) is 5.34. The van der Waals surface area contributed by atoms with Crippen LogP contribution in [-0.4, -0.2) is 31.0 Å². The standard InChI is InChI=1S/C24H20ClNO5S/c1-13-9-10-32-23(13)20-19(21(27)17-11-14(25)7-8-18(17)31-3)22(28)24(29)26(20)15-5-4-6-16(12-15)30-2/h4-12,20,27H,1-3H3/b21-19-. The smallest absolute Gasteiger partial charge is 0.300 e. The molecule has 4 rings (SSSR count). The fourth-order valence-electron chi connectivity index (χ4n) is 3.78. The lowest BCUT2D eigenvalue weighted by Gasteiger charge is -2.25. The van der Waals surface area contributed by atoms with Gasteiger partial charge in [0.05, 0.1) is 25.4 Å². The lowest BCUT2D eigenvalue weighted by atomic mass is 9.97. The van der Waals surface area contributed by atoms with Crippen LogP contribution in [0.15, 0.2) is 59.5 Å². The Labute approximate surface area is 194 Å². The van der Waals surface area contributed by atoms with Gasteiger partial charge in [-0.1, -0.05) is 17.7 Å². The summed E-state index contributed by atoms with van der Waals surface area (Å²) in [6.45, 7) is 1.90. The van der Waals surface area contributed by atoms with Crippen LogP contribution in [0.4, 0.5) is 5.69 Å². The highest BCUT2D eigenvalue weighted by molar-refractivity contribution is 7.10. The first-order valence-corrected chi connectivity index (χ1v) is 11.0. The number of aryl methyl sites for hydroxylation is 1. The number of anilines is 1. The minimum atomic E-state index is -0.814. The molecule has 0 radical (unpaired) electrons. The van der Waals surface area contributed by atoms with E-state index in [9.17, 15) is 14.7 Å². The zero-order valence-corrected chi connectivity index (χ0v) is 19.2. The second-order valence-electron chi connectivity index (χ2n) is 7.18. The Morgan fingerprint density at radius 2 is 1.88 bits per heavy atom. The number of carbonyl (C=O) groups excluding carboxylic acids is 2. The molecule has 1 aliphatic heterocycles. The monoisotopic (exact) mass is 469 g/mol. The number of methoxy groups -OCH3 is 2. The number of thiophene rings is 1. The van der Waals surface area contributed by atoms with Crippen molar-refractivity contribution in [3.05, 3.63) is 80.5 Å². The van der Waals surface area contributed by atoms with Crippen LogP contribution in [0.2, 0.25) is 5.02 Å². The predicted molar refractivity (Wildman–Crippen MR) is 125 cm³/mol. The molecule has 2 heterocycles. The fourth-order valence-corrected chi connectivity index (χ4v) is 4.98. The molecular formula is C24H20ClNO5S. The summed E-state index contributed by atoms with van der Waals surface area (Å²) < 4.78 is 10.7. The molecule has 0 saturated carbocycles. The lowest BCUT2D eigenvalue weighted by molar-refractivity contribution is -0.132. The predicted octanol–water partition coefficient (Wildman–Crippen LogP) is 5.35. The van der Waals surface area contributed by atoms with Crippen molar-refractivity contribution in [1.29, 1.82) is 0 Å². The number of halogens is 1. The number of hydrogen-bond donors (Lipinski definition) is 1. The molecule has 1 amide bonds. The summed E-state index contributed by atoms with van der Waals surface area (Å²) in [7, 11) is 2.98. The second kappa shape index (κ2) is 8.68. The van der Waals surface area contributed by atoms with Gasteiger partial charge in [0.15, 0.2) is 0 Å². The highest BCUT2D eigenvalue weighted by Crippen LogP contribution is 2.46. The molecule has 6 nitrogen and oxygen atoms in total. The summed E-state index contributed by atoms with van der Waals surface area (Å²) in [6.07, 6.45) is 0. The number of ketones is 1. The molecule has 1 fully saturated rings. The minimum absolute atomic E-state index is 0.0241. The molecule has 1 aliphatic rings. The van der Waals surface area contributed by atoms with Gasteiger partial charge in [0, 0.05) is 21.7 Å². The molecule has 2 aromatic carbocycles. The minimum Gasteiger partial charge on any atom is -0.507 e. The molecule has 3 aromatic rings. The van der Waals surface area contributed by atoms with Crippen LogP contribution in [0, 0.1) is 6.92 Å². The molecule has 1 aromatic heterocycles. The van der Waals surface area contributed by atoms with Gasteiger partial charge in [0.2, 0.25) is 0 Å². The molecular weight excluding hydrogens is 450 g/mol. The maximum absolute atomic E-state index is 13.3. The van der Waals surface area contributed by atoms with Gasteiger partial charge in [-0.05, 0) is 54.3 Å². The summed E-state index contributed by atoms with van der Waals surface area (Å²) >= 11 is 7.55. The van der Waals surface area contributed by atoms with Crippen LogP contribution >= 0.6 is 22.9 Å². The highest BCUT2D eigenvalue weighted by atomic mass is 35.5. The van der Waals surface area contributed by atoms with Gasteiger partial charge in [0.1, 0.15) is 23.3 Å². The number of aliphatic hydroxyl groups is 1. The van der Waals surface area contributed by atoms with E-state index in [1.54, 1.807) is 36.4 Å². The third-order valence-corrected chi connectivity index (χ3v) is 6.65. The highest BCUT2D eigenvalue weighted by Gasteiger charge is 2.48. The van der Waals surface area contributed by atoms with Gasteiger partial charge in [-0.2, -0.15) is 0 Å². The molecule has 1 N–H and O–H groups in total. The average Bonchev–Trinajstić information content (AvgIpc) is 3.33. The molecule has 0 bridgehead atoms. The van der Waals surface area contributed by atoms with Crippen LogP contribution in [0.1, 0.15) is 22.0 Å². The summed E-state index contributed by atoms with van der Waals surface area (Å²) in [5.74, 6) is -0.988. The molecule has 32 heavy (non-hydrogen) atoms. The number of Topliss-reactive ketones (excluding diaryl/α,β-unsaturated/α-hetero) is 1. The lowest BCUT2D eigenvalue weighted by Crippen LogP contribution is -2.29. The van der Waals surface area contributed by atoms with E-state index in [2.05, 4.69) is 0 Å². The number of carbonyl (C=O) groups is 2. The molecule has 0 aliphatic carbocycles. The molecule has 1 atom stereocenters. The van der Waals surface area contributed by atoms with Gasteiger partial charge in [-0.3, -0.25) is 14.5 Å². The van der Waals surface area contributed by atoms with Crippen LogP contribution < -0.4 is 14.4 Å². The largest absolute Gasteiger partial charge is 0.507 e.